The normalized spacial score (nSPS) is 16.8. The van der Waals surface area contributed by atoms with Crippen LogP contribution >= 0.6 is 34.4 Å². The lowest BCUT2D eigenvalue weighted by atomic mass is 10.1. The maximum atomic E-state index is 12.5. The lowest BCUT2D eigenvalue weighted by molar-refractivity contribution is -0.139. The Labute approximate surface area is 198 Å². The van der Waals surface area contributed by atoms with E-state index in [0.717, 1.165) is 17.7 Å². The fourth-order valence-electron chi connectivity index (χ4n) is 2.91. The first-order valence-corrected chi connectivity index (χ1v) is 11.7. The lowest BCUT2D eigenvalue weighted by Crippen LogP contribution is -2.30. The third kappa shape index (κ3) is 6.30. The highest BCUT2D eigenvalue weighted by molar-refractivity contribution is 14.1. The van der Waals surface area contributed by atoms with E-state index >= 15 is 0 Å². The van der Waals surface area contributed by atoms with Crippen LogP contribution in [0.3, 0.4) is 0 Å². The topological polar surface area (TPSA) is 96.9 Å². The predicted octanol–water partition coefficient (Wildman–Crippen LogP) is 4.32. The zero-order valence-electron chi connectivity index (χ0n) is 17.1. The Morgan fingerprint density at radius 3 is 2.65 bits per heavy atom. The number of benzene rings is 2. The van der Waals surface area contributed by atoms with Crippen LogP contribution in [0.4, 0.5) is 5.69 Å². The number of carboxylic acid groups (broad SMARTS) is 1. The second kappa shape index (κ2) is 10.8. The Balaban J connectivity index is 1.76. The van der Waals surface area contributed by atoms with Crippen LogP contribution in [0.1, 0.15) is 25.0 Å². The molecule has 9 heteroatoms. The van der Waals surface area contributed by atoms with E-state index in [2.05, 4.69) is 52.3 Å². The number of hydrogen-bond acceptors (Lipinski definition) is 6. The number of carbonyl (C=O) groups is 2. The van der Waals surface area contributed by atoms with Crippen LogP contribution in [-0.4, -0.2) is 35.7 Å². The molecule has 2 aromatic rings. The number of hydrogen-bond donors (Lipinski definition) is 3. The molecule has 1 aliphatic heterocycles. The molecule has 1 aliphatic rings. The summed E-state index contributed by atoms with van der Waals surface area (Å²) in [6, 6.07) is 11.7. The molecule has 1 fully saturated rings. The first-order chi connectivity index (χ1) is 14.9. The van der Waals surface area contributed by atoms with Gasteiger partial charge in [0.05, 0.1) is 15.1 Å². The molecule has 0 unspecified atom stereocenters. The first-order valence-electron chi connectivity index (χ1n) is 9.75. The van der Waals surface area contributed by atoms with Gasteiger partial charge in [0.25, 0.3) is 5.91 Å². The summed E-state index contributed by atoms with van der Waals surface area (Å²) < 4.78 is 11.7. The van der Waals surface area contributed by atoms with Gasteiger partial charge in [-0.3, -0.25) is 4.79 Å². The number of halogens is 1. The minimum atomic E-state index is -1.06. The van der Waals surface area contributed by atoms with Crippen molar-refractivity contribution in [2.24, 2.45) is 0 Å². The van der Waals surface area contributed by atoms with Crippen LogP contribution < -0.4 is 20.1 Å². The Hall–Kier alpha value is -2.40. The molecule has 0 radical (unpaired) electrons. The molecule has 0 aliphatic carbocycles. The molecule has 1 saturated heterocycles. The number of carbonyl (C=O) groups excluding carboxylic acids is 1. The third-order valence-electron chi connectivity index (χ3n) is 4.36. The molecule has 0 spiro atoms. The van der Waals surface area contributed by atoms with E-state index in [4.69, 9.17) is 14.6 Å². The Morgan fingerprint density at radius 2 is 2.00 bits per heavy atom. The number of aryl methyl sites for hydroxylation is 1. The fourth-order valence-corrected chi connectivity index (χ4v) is 4.68. The van der Waals surface area contributed by atoms with Crippen molar-refractivity contribution < 1.29 is 24.2 Å². The second-order valence-corrected chi connectivity index (χ2v) is 8.93. The van der Waals surface area contributed by atoms with E-state index in [1.165, 1.54) is 17.3 Å². The summed E-state index contributed by atoms with van der Waals surface area (Å²) in [7, 11) is 0. The molecule has 7 nitrogen and oxygen atoms in total. The molecule has 0 bridgehead atoms. The minimum Gasteiger partial charge on any atom is -0.490 e. The monoisotopic (exact) mass is 554 g/mol. The largest absolute Gasteiger partial charge is 0.490 e. The molecule has 1 atom stereocenters. The van der Waals surface area contributed by atoms with Crippen molar-refractivity contribution in [1.29, 1.82) is 0 Å². The highest BCUT2D eigenvalue weighted by Gasteiger charge is 2.27. The maximum Gasteiger partial charge on any atom is 0.341 e. The number of anilines is 1. The van der Waals surface area contributed by atoms with Gasteiger partial charge in [-0.25, -0.2) is 4.79 Å². The van der Waals surface area contributed by atoms with Crippen molar-refractivity contribution >= 4 is 58.0 Å². The number of rotatable bonds is 9. The van der Waals surface area contributed by atoms with Gasteiger partial charge in [-0.15, -0.1) is 0 Å². The van der Waals surface area contributed by atoms with Crippen LogP contribution in [0.15, 0.2) is 41.3 Å². The Kier molecular flexibility index (Phi) is 8.08. The van der Waals surface area contributed by atoms with Crippen LogP contribution in [0.2, 0.25) is 0 Å². The van der Waals surface area contributed by atoms with Gasteiger partial charge in [0.1, 0.15) is 0 Å². The highest BCUT2D eigenvalue weighted by Crippen LogP contribution is 2.37. The van der Waals surface area contributed by atoms with E-state index < -0.39 is 12.6 Å². The number of carboxylic acids is 1. The van der Waals surface area contributed by atoms with Crippen molar-refractivity contribution in [3.05, 3.63) is 56.0 Å². The molecule has 0 aromatic heterocycles. The van der Waals surface area contributed by atoms with Crippen LogP contribution in [0.25, 0.3) is 6.08 Å². The zero-order chi connectivity index (χ0) is 22.4. The summed E-state index contributed by atoms with van der Waals surface area (Å²) >= 11 is 3.47. The molecule has 2 aromatic carbocycles. The fraction of sp³-hybridized carbons (Fsp3) is 0.273. The summed E-state index contributed by atoms with van der Waals surface area (Å²) in [4.78, 5) is 23.9. The number of nitrogens with one attached hydrogen (secondary N) is 2. The molecule has 1 heterocycles. The van der Waals surface area contributed by atoms with E-state index in [1.54, 1.807) is 12.1 Å². The number of amides is 1. The molecular formula is C22H23IN2O5S. The van der Waals surface area contributed by atoms with Gasteiger partial charge in [0.15, 0.2) is 23.6 Å². The van der Waals surface area contributed by atoms with Crippen molar-refractivity contribution in [2.75, 3.05) is 18.5 Å². The van der Waals surface area contributed by atoms with Gasteiger partial charge >= 0.3 is 5.97 Å². The zero-order valence-corrected chi connectivity index (χ0v) is 20.1. The predicted molar refractivity (Wildman–Crippen MR) is 130 cm³/mol. The average molecular weight is 554 g/mol. The van der Waals surface area contributed by atoms with E-state index in [0.29, 0.717) is 26.6 Å². The standard InChI is InChI=1S/C22H23IN2O5S/c1-3-13-5-7-15(8-6-13)24-22-25-21(28)18(31-22)11-14-9-16(23)20(30-12-19(26)27)17(10-14)29-4-2/h5-11,22,24H,3-4,12H2,1-2H3,(H,25,28)(H,26,27)/b18-11-/t22-/m0/s1. The number of ether oxygens (including phenoxy) is 2. The van der Waals surface area contributed by atoms with Crippen molar-refractivity contribution in [3.8, 4) is 11.5 Å². The lowest BCUT2D eigenvalue weighted by Gasteiger charge is -2.14. The van der Waals surface area contributed by atoms with Crippen molar-refractivity contribution in [3.63, 3.8) is 0 Å². The smallest absolute Gasteiger partial charge is 0.341 e. The Morgan fingerprint density at radius 1 is 1.26 bits per heavy atom. The SMILES string of the molecule is CCOc1cc(/C=C2\S[C@@H](Nc3ccc(CC)cc3)NC2=O)cc(I)c1OCC(=O)O. The quantitative estimate of drug-likeness (QED) is 0.314. The summed E-state index contributed by atoms with van der Waals surface area (Å²) in [5.74, 6) is -0.402. The summed E-state index contributed by atoms with van der Waals surface area (Å²) in [6.45, 7) is 3.89. The molecule has 164 valence electrons. The van der Waals surface area contributed by atoms with E-state index in [1.807, 2.05) is 25.1 Å². The van der Waals surface area contributed by atoms with Gasteiger partial charge in [0.2, 0.25) is 0 Å². The Bertz CT molecular complexity index is 994. The maximum absolute atomic E-state index is 12.5. The molecule has 3 rings (SSSR count). The summed E-state index contributed by atoms with van der Waals surface area (Å²) in [6.07, 6.45) is 2.76. The second-order valence-electron chi connectivity index (χ2n) is 6.62. The van der Waals surface area contributed by atoms with Gasteiger partial charge in [-0.05, 0) is 77.4 Å². The van der Waals surface area contributed by atoms with Crippen molar-refractivity contribution in [1.82, 2.24) is 5.32 Å². The van der Waals surface area contributed by atoms with E-state index in [-0.39, 0.29) is 11.4 Å². The first kappa shape index (κ1) is 23.3. The van der Waals surface area contributed by atoms with Gasteiger partial charge in [-0.2, -0.15) is 0 Å². The molecule has 1 amide bonds. The molecule has 31 heavy (non-hydrogen) atoms. The van der Waals surface area contributed by atoms with Gasteiger partial charge in [-0.1, -0.05) is 30.8 Å². The van der Waals surface area contributed by atoms with Gasteiger partial charge in [0, 0.05) is 5.69 Å². The van der Waals surface area contributed by atoms with E-state index in [9.17, 15) is 9.59 Å². The summed E-state index contributed by atoms with van der Waals surface area (Å²) in [5.41, 5.74) is 2.69. The van der Waals surface area contributed by atoms with Crippen LogP contribution in [-0.2, 0) is 16.0 Å². The van der Waals surface area contributed by atoms with Gasteiger partial charge < -0.3 is 25.2 Å². The molecule has 3 N–H and O–H groups in total. The summed E-state index contributed by atoms with van der Waals surface area (Å²) in [5, 5.41) is 15.1. The van der Waals surface area contributed by atoms with Crippen LogP contribution in [0.5, 0.6) is 11.5 Å². The number of thioether (sulfide) groups is 1. The van der Waals surface area contributed by atoms with Crippen LogP contribution in [0, 0.1) is 3.57 Å². The average Bonchev–Trinajstić information content (AvgIpc) is 3.06. The minimum absolute atomic E-state index is 0.160. The highest BCUT2D eigenvalue weighted by atomic mass is 127. The number of aliphatic carboxylic acids is 1. The molecule has 0 saturated carbocycles. The van der Waals surface area contributed by atoms with Crippen molar-refractivity contribution in [2.45, 2.75) is 25.8 Å². The molecular weight excluding hydrogens is 531 g/mol. The third-order valence-corrected chi connectivity index (χ3v) is 6.19.